The summed E-state index contributed by atoms with van der Waals surface area (Å²) in [7, 11) is 0. The van der Waals surface area contributed by atoms with Crippen molar-refractivity contribution in [1.29, 1.82) is 0 Å². The summed E-state index contributed by atoms with van der Waals surface area (Å²) in [5.41, 5.74) is 15.7. The molecule has 9 aromatic carbocycles. The van der Waals surface area contributed by atoms with Crippen molar-refractivity contribution in [3.8, 4) is 44.5 Å². The summed E-state index contributed by atoms with van der Waals surface area (Å²) in [5.74, 6) is 0.814. The molecular weight excluding hydrogens is 731 g/mol. The Hall–Kier alpha value is -7.46. The van der Waals surface area contributed by atoms with Crippen LogP contribution < -0.4 is 4.90 Å². The minimum Gasteiger partial charge on any atom is -0.494 e. The van der Waals surface area contributed by atoms with E-state index < -0.39 is 0 Å². The summed E-state index contributed by atoms with van der Waals surface area (Å²) >= 11 is 0. The molecule has 3 nitrogen and oxygen atoms in total. The third kappa shape index (κ3) is 8.26. The number of anilines is 3. The Balaban J connectivity index is 1.06. The van der Waals surface area contributed by atoms with E-state index in [1.807, 2.05) is 31.2 Å². The van der Waals surface area contributed by atoms with E-state index in [4.69, 9.17) is 4.74 Å². The third-order valence-electron chi connectivity index (χ3n) is 11.1. The molecule has 0 saturated carbocycles. The first-order chi connectivity index (χ1) is 29.6. The predicted octanol–water partition coefficient (Wildman–Crippen LogP) is 15.0. The van der Waals surface area contributed by atoms with Crippen LogP contribution >= 0.6 is 0 Å². The second kappa shape index (κ2) is 17.6. The van der Waals surface area contributed by atoms with Crippen molar-refractivity contribution in [3.63, 3.8) is 0 Å². The van der Waals surface area contributed by atoms with E-state index in [0.29, 0.717) is 6.61 Å². The van der Waals surface area contributed by atoms with Crippen molar-refractivity contribution in [3.05, 3.63) is 241 Å². The maximum Gasteiger partial charge on any atom is 0.113 e. The number of aliphatic hydroxyl groups is 1. The van der Waals surface area contributed by atoms with Crippen molar-refractivity contribution in [2.75, 3.05) is 4.90 Å². The summed E-state index contributed by atoms with van der Waals surface area (Å²) in [6.07, 6.45) is 2.07. The van der Waals surface area contributed by atoms with Gasteiger partial charge in [-0.25, -0.2) is 0 Å². The fraction of sp³-hybridized carbons (Fsp3) is 0.0526. The number of nitrogens with zero attached hydrogens (tertiary/aromatic N) is 1. The minimum absolute atomic E-state index is 0.00439. The lowest BCUT2D eigenvalue weighted by Crippen LogP contribution is -2.10. The zero-order valence-corrected chi connectivity index (χ0v) is 33.6. The average Bonchev–Trinajstić information content (AvgIpc) is 3.32. The zero-order chi connectivity index (χ0) is 40.7. The molecule has 60 heavy (non-hydrogen) atoms. The molecule has 3 heteroatoms. The Labute approximate surface area is 352 Å². The van der Waals surface area contributed by atoms with Gasteiger partial charge in [-0.3, -0.25) is 0 Å². The van der Waals surface area contributed by atoms with Gasteiger partial charge in [0.05, 0.1) is 12.4 Å². The largest absolute Gasteiger partial charge is 0.494 e. The number of ether oxygens (including phenoxy) is 1. The first-order valence-electron chi connectivity index (χ1n) is 20.4. The number of hydrogen-bond donors (Lipinski definition) is 1. The second-order valence-corrected chi connectivity index (χ2v) is 15.0. The number of fused-ring (bicyclic) bond motifs is 1. The normalized spacial score (nSPS) is 11.4. The van der Waals surface area contributed by atoms with Gasteiger partial charge in [-0.1, -0.05) is 176 Å². The molecule has 0 aliphatic heterocycles. The SMILES string of the molecule is CC(=Cc1ccc2cc(N(c3ccc(-c4ccccc4-c4ccccc4)cc3)c3ccc(-c4ccccc4-c4ccccc4)cc3)ccc2c1)OCc1ccccc1CO. The van der Waals surface area contributed by atoms with Crippen LogP contribution in [0.15, 0.2) is 224 Å². The molecule has 0 radical (unpaired) electrons. The van der Waals surface area contributed by atoms with Gasteiger partial charge in [0.15, 0.2) is 0 Å². The molecule has 0 bridgehead atoms. The Kier molecular flexibility index (Phi) is 11.2. The van der Waals surface area contributed by atoms with Crippen LogP contribution in [-0.4, -0.2) is 5.11 Å². The topological polar surface area (TPSA) is 32.7 Å². The van der Waals surface area contributed by atoms with E-state index >= 15 is 0 Å². The number of hydrogen-bond acceptors (Lipinski definition) is 3. The van der Waals surface area contributed by atoms with Gasteiger partial charge in [0.1, 0.15) is 6.61 Å². The minimum atomic E-state index is -0.00439. The molecular formula is C57H45NO2. The highest BCUT2D eigenvalue weighted by atomic mass is 16.5. The van der Waals surface area contributed by atoms with Crippen LogP contribution in [0.3, 0.4) is 0 Å². The first-order valence-corrected chi connectivity index (χ1v) is 20.4. The van der Waals surface area contributed by atoms with Crippen LogP contribution in [0.2, 0.25) is 0 Å². The lowest BCUT2D eigenvalue weighted by Gasteiger charge is -2.26. The zero-order valence-electron chi connectivity index (χ0n) is 33.6. The molecule has 0 heterocycles. The summed E-state index contributed by atoms with van der Waals surface area (Å²) in [4.78, 5) is 2.34. The summed E-state index contributed by atoms with van der Waals surface area (Å²) in [6.45, 7) is 2.38. The third-order valence-corrected chi connectivity index (χ3v) is 11.1. The molecule has 0 fully saturated rings. The van der Waals surface area contributed by atoms with Gasteiger partial charge < -0.3 is 14.7 Å². The standard InChI is InChI=1S/C57H45NO2/c1-41(60-40-50-19-9-8-18-49(50)39-59)36-42-24-25-48-38-53(35-30-47(48)37-42)58(51-31-26-45(27-32-51)56-22-12-10-20-54(56)43-14-4-2-5-15-43)52-33-28-46(29-34-52)57-23-13-11-21-55(57)44-16-6-3-7-17-44/h2-38,59H,39-40H2,1H3. The Morgan fingerprint density at radius 1 is 0.433 bits per heavy atom. The highest BCUT2D eigenvalue weighted by Gasteiger charge is 2.16. The fourth-order valence-corrected chi connectivity index (χ4v) is 8.04. The van der Waals surface area contributed by atoms with Crippen molar-refractivity contribution in [2.24, 2.45) is 0 Å². The highest BCUT2D eigenvalue weighted by Crippen LogP contribution is 2.40. The Morgan fingerprint density at radius 2 is 0.850 bits per heavy atom. The molecule has 0 amide bonds. The van der Waals surface area contributed by atoms with Crippen LogP contribution in [0, 0.1) is 0 Å². The maximum atomic E-state index is 9.73. The summed E-state index contributed by atoms with van der Waals surface area (Å²) in [6, 6.07) is 77.4. The van der Waals surface area contributed by atoms with Crippen molar-refractivity contribution in [2.45, 2.75) is 20.1 Å². The van der Waals surface area contributed by atoms with Crippen LogP contribution in [-0.2, 0) is 18.0 Å². The van der Waals surface area contributed by atoms with Gasteiger partial charge in [-0.05, 0) is 127 Å². The van der Waals surface area contributed by atoms with Gasteiger partial charge in [0, 0.05) is 17.1 Å². The van der Waals surface area contributed by atoms with Gasteiger partial charge in [-0.2, -0.15) is 0 Å². The van der Waals surface area contributed by atoms with Crippen LogP contribution in [0.1, 0.15) is 23.6 Å². The molecule has 290 valence electrons. The summed E-state index contributed by atoms with van der Waals surface area (Å²) in [5, 5.41) is 12.0. The van der Waals surface area contributed by atoms with Gasteiger partial charge in [0.2, 0.25) is 0 Å². The fourth-order valence-electron chi connectivity index (χ4n) is 8.04. The lowest BCUT2D eigenvalue weighted by molar-refractivity contribution is 0.199. The molecule has 9 rings (SSSR count). The van der Waals surface area contributed by atoms with Gasteiger partial charge in [-0.15, -0.1) is 0 Å². The molecule has 0 atom stereocenters. The predicted molar refractivity (Wildman–Crippen MR) is 251 cm³/mol. The second-order valence-electron chi connectivity index (χ2n) is 15.0. The highest BCUT2D eigenvalue weighted by molar-refractivity contribution is 5.92. The smallest absolute Gasteiger partial charge is 0.113 e. The van der Waals surface area contributed by atoms with Gasteiger partial charge >= 0.3 is 0 Å². The van der Waals surface area contributed by atoms with E-state index in [1.54, 1.807) is 0 Å². The average molecular weight is 776 g/mol. The Bertz CT molecular complexity index is 2770. The monoisotopic (exact) mass is 775 g/mol. The van der Waals surface area contributed by atoms with Crippen LogP contribution in [0.25, 0.3) is 61.4 Å². The van der Waals surface area contributed by atoms with E-state index in [2.05, 4.69) is 205 Å². The van der Waals surface area contributed by atoms with Crippen molar-refractivity contribution >= 4 is 33.9 Å². The van der Waals surface area contributed by atoms with Crippen molar-refractivity contribution < 1.29 is 9.84 Å². The first kappa shape index (κ1) is 38.1. The van der Waals surface area contributed by atoms with E-state index in [1.165, 1.54) is 44.5 Å². The molecule has 0 aromatic heterocycles. The van der Waals surface area contributed by atoms with Crippen LogP contribution in [0.5, 0.6) is 0 Å². The molecule has 0 aliphatic carbocycles. The lowest BCUT2D eigenvalue weighted by atomic mass is 9.94. The number of aliphatic hydroxyl groups excluding tert-OH is 1. The van der Waals surface area contributed by atoms with Crippen LogP contribution in [0.4, 0.5) is 17.1 Å². The van der Waals surface area contributed by atoms with Gasteiger partial charge in [0.25, 0.3) is 0 Å². The molecule has 1 N–H and O–H groups in total. The number of rotatable bonds is 12. The van der Waals surface area contributed by atoms with E-state index in [9.17, 15) is 5.11 Å². The molecule has 0 unspecified atom stereocenters. The van der Waals surface area contributed by atoms with E-state index in [-0.39, 0.29) is 6.61 Å². The number of benzene rings is 9. The quantitative estimate of drug-likeness (QED) is 0.125. The molecule has 0 aliphatic rings. The number of allylic oxidation sites excluding steroid dienone is 1. The maximum absolute atomic E-state index is 9.73. The van der Waals surface area contributed by atoms with Crippen molar-refractivity contribution in [1.82, 2.24) is 0 Å². The molecule has 0 spiro atoms. The van der Waals surface area contributed by atoms with E-state index in [0.717, 1.165) is 50.3 Å². The molecule has 9 aromatic rings. The summed E-state index contributed by atoms with van der Waals surface area (Å²) < 4.78 is 6.11. The Morgan fingerprint density at radius 3 is 1.37 bits per heavy atom. The molecule has 0 saturated heterocycles.